The van der Waals surface area contributed by atoms with Crippen LogP contribution in [0.25, 0.3) is 0 Å². The van der Waals surface area contributed by atoms with Crippen molar-refractivity contribution in [3.63, 3.8) is 0 Å². The number of ether oxygens (including phenoxy) is 2. The first-order chi connectivity index (χ1) is 12.7. The molecule has 0 spiro atoms. The summed E-state index contributed by atoms with van der Waals surface area (Å²) in [6.45, 7) is 0. The second-order valence-electron chi connectivity index (χ2n) is 6.88. The van der Waals surface area contributed by atoms with Gasteiger partial charge in [-0.3, -0.25) is 0 Å². The van der Waals surface area contributed by atoms with Gasteiger partial charge in [-0.25, -0.2) is 0 Å². The van der Waals surface area contributed by atoms with Crippen LogP contribution >= 0.6 is 31.9 Å². The number of hydrogen-bond donors (Lipinski definition) is 0. The molecule has 3 rings (SSSR count). The second-order valence-corrected chi connectivity index (χ2v) is 8.47. The molecule has 2 nitrogen and oxygen atoms in total. The summed E-state index contributed by atoms with van der Waals surface area (Å²) in [5.74, 6) is 4.35. The Kier molecular flexibility index (Phi) is 7.05. The van der Waals surface area contributed by atoms with Crippen molar-refractivity contribution < 1.29 is 9.47 Å². The molecule has 4 unspecified atom stereocenters. The van der Waals surface area contributed by atoms with E-state index in [0.717, 1.165) is 22.2 Å². The summed E-state index contributed by atoms with van der Waals surface area (Å²) in [6.07, 6.45) is 2.42. The van der Waals surface area contributed by atoms with Crippen molar-refractivity contribution in [2.75, 3.05) is 24.9 Å². The van der Waals surface area contributed by atoms with Crippen LogP contribution < -0.4 is 9.47 Å². The van der Waals surface area contributed by atoms with Crippen molar-refractivity contribution in [2.24, 2.45) is 11.8 Å². The molecule has 0 aliphatic heterocycles. The average molecular weight is 482 g/mol. The number of alkyl halides is 2. The fourth-order valence-electron chi connectivity index (χ4n) is 4.52. The van der Waals surface area contributed by atoms with Gasteiger partial charge in [-0.1, -0.05) is 56.1 Å². The van der Waals surface area contributed by atoms with Crippen LogP contribution in [-0.4, -0.2) is 24.9 Å². The SMILES string of the molecule is COc1ccc(C2C(CCBr)C(CCBr)C2c2ccc(OC)cc2)cc1. The average Bonchev–Trinajstić information content (AvgIpc) is 2.69. The van der Waals surface area contributed by atoms with Gasteiger partial charge in [0, 0.05) is 10.7 Å². The van der Waals surface area contributed by atoms with Crippen molar-refractivity contribution in [3.05, 3.63) is 59.7 Å². The molecule has 0 amide bonds. The number of rotatable bonds is 8. The summed E-state index contributed by atoms with van der Waals surface area (Å²) < 4.78 is 10.7. The third-order valence-corrected chi connectivity index (χ3v) is 6.66. The molecule has 1 saturated carbocycles. The third-order valence-electron chi connectivity index (χ3n) is 5.75. The van der Waals surface area contributed by atoms with Gasteiger partial charge in [0.1, 0.15) is 11.5 Å². The summed E-state index contributed by atoms with van der Waals surface area (Å²) >= 11 is 7.35. The van der Waals surface area contributed by atoms with E-state index < -0.39 is 0 Å². The molecule has 26 heavy (non-hydrogen) atoms. The number of methoxy groups -OCH3 is 2. The molecule has 2 aromatic carbocycles. The standard InChI is InChI=1S/C22H26Br2O2/c1-25-17-7-3-15(4-8-17)21-19(11-13-23)20(12-14-24)22(21)16-5-9-18(26-2)10-6-16/h3-10,19-22H,11-14H2,1-2H3. The van der Waals surface area contributed by atoms with Crippen LogP contribution in [-0.2, 0) is 0 Å². The van der Waals surface area contributed by atoms with E-state index >= 15 is 0 Å². The van der Waals surface area contributed by atoms with Crippen LogP contribution in [0.2, 0.25) is 0 Å². The van der Waals surface area contributed by atoms with Crippen LogP contribution in [0, 0.1) is 11.8 Å². The van der Waals surface area contributed by atoms with Gasteiger partial charge >= 0.3 is 0 Å². The number of hydrogen-bond acceptors (Lipinski definition) is 2. The lowest BCUT2D eigenvalue weighted by molar-refractivity contribution is 0.0835. The highest BCUT2D eigenvalue weighted by molar-refractivity contribution is 9.09. The molecule has 4 atom stereocenters. The van der Waals surface area contributed by atoms with Gasteiger partial charge in [-0.15, -0.1) is 0 Å². The molecule has 2 aromatic rings. The maximum Gasteiger partial charge on any atom is 0.118 e. The minimum atomic E-state index is 0.552. The van der Waals surface area contributed by atoms with Crippen molar-refractivity contribution >= 4 is 31.9 Å². The van der Waals surface area contributed by atoms with E-state index in [2.05, 4.69) is 80.4 Å². The summed E-state index contributed by atoms with van der Waals surface area (Å²) in [5, 5.41) is 2.11. The Hall–Kier alpha value is -1.00. The molecular formula is C22H26Br2O2. The number of benzene rings is 2. The lowest BCUT2D eigenvalue weighted by Gasteiger charge is -2.53. The molecule has 140 valence electrons. The maximum absolute atomic E-state index is 5.34. The fraction of sp³-hybridized carbons (Fsp3) is 0.455. The lowest BCUT2D eigenvalue weighted by Crippen LogP contribution is -2.43. The Balaban J connectivity index is 1.94. The Morgan fingerprint density at radius 2 is 1.00 bits per heavy atom. The highest BCUT2D eigenvalue weighted by Crippen LogP contribution is 2.60. The highest BCUT2D eigenvalue weighted by atomic mass is 79.9. The molecule has 0 saturated heterocycles. The topological polar surface area (TPSA) is 18.5 Å². The van der Waals surface area contributed by atoms with Crippen molar-refractivity contribution in [1.29, 1.82) is 0 Å². The van der Waals surface area contributed by atoms with E-state index in [0.29, 0.717) is 23.7 Å². The lowest BCUT2D eigenvalue weighted by atomic mass is 9.51. The minimum absolute atomic E-state index is 0.552. The van der Waals surface area contributed by atoms with Gasteiger partial charge in [0.25, 0.3) is 0 Å². The summed E-state index contributed by atoms with van der Waals surface area (Å²) in [4.78, 5) is 0. The molecule has 1 fully saturated rings. The highest BCUT2D eigenvalue weighted by Gasteiger charge is 2.50. The Morgan fingerprint density at radius 3 is 1.27 bits per heavy atom. The number of halogens is 2. The van der Waals surface area contributed by atoms with E-state index in [4.69, 9.17) is 9.47 Å². The van der Waals surface area contributed by atoms with Crippen molar-refractivity contribution in [2.45, 2.75) is 24.7 Å². The molecule has 0 radical (unpaired) electrons. The quantitative estimate of drug-likeness (QED) is 0.407. The normalized spacial score (nSPS) is 24.8. The molecular weight excluding hydrogens is 456 g/mol. The molecule has 0 bridgehead atoms. The smallest absolute Gasteiger partial charge is 0.118 e. The van der Waals surface area contributed by atoms with E-state index in [-0.39, 0.29) is 0 Å². The zero-order valence-electron chi connectivity index (χ0n) is 15.3. The van der Waals surface area contributed by atoms with Crippen LogP contribution in [0.15, 0.2) is 48.5 Å². The second kappa shape index (κ2) is 9.27. The zero-order valence-corrected chi connectivity index (χ0v) is 18.5. The molecule has 0 N–H and O–H groups in total. The van der Waals surface area contributed by atoms with Crippen LogP contribution in [0.3, 0.4) is 0 Å². The minimum Gasteiger partial charge on any atom is -0.497 e. The van der Waals surface area contributed by atoms with Crippen LogP contribution in [0.5, 0.6) is 11.5 Å². The molecule has 4 heteroatoms. The zero-order chi connectivity index (χ0) is 18.5. The predicted octanol–water partition coefficient (Wildman–Crippen LogP) is 6.39. The maximum atomic E-state index is 5.34. The third kappa shape index (κ3) is 3.96. The Bertz CT molecular complexity index is 623. The first-order valence-electron chi connectivity index (χ1n) is 9.13. The van der Waals surface area contributed by atoms with E-state index in [1.54, 1.807) is 14.2 Å². The van der Waals surface area contributed by atoms with Gasteiger partial charge in [0.15, 0.2) is 0 Å². The predicted molar refractivity (Wildman–Crippen MR) is 115 cm³/mol. The van der Waals surface area contributed by atoms with E-state index in [9.17, 15) is 0 Å². The Labute approximate surface area is 173 Å². The van der Waals surface area contributed by atoms with Gasteiger partial charge in [-0.2, -0.15) is 0 Å². The molecule has 1 aliphatic carbocycles. The largest absolute Gasteiger partial charge is 0.497 e. The summed E-state index contributed by atoms with van der Waals surface area (Å²) in [6, 6.07) is 17.3. The summed E-state index contributed by atoms with van der Waals surface area (Å²) in [5.41, 5.74) is 2.84. The monoisotopic (exact) mass is 480 g/mol. The molecule has 0 heterocycles. The van der Waals surface area contributed by atoms with Crippen LogP contribution in [0.1, 0.15) is 35.8 Å². The molecule has 0 aromatic heterocycles. The van der Waals surface area contributed by atoms with Gasteiger partial charge in [0.05, 0.1) is 14.2 Å². The van der Waals surface area contributed by atoms with Crippen LogP contribution in [0.4, 0.5) is 0 Å². The Morgan fingerprint density at radius 1 is 0.654 bits per heavy atom. The van der Waals surface area contributed by atoms with E-state index in [1.165, 1.54) is 24.0 Å². The first kappa shape index (κ1) is 19.8. The van der Waals surface area contributed by atoms with Gasteiger partial charge in [-0.05, 0) is 71.9 Å². The van der Waals surface area contributed by atoms with Crippen molar-refractivity contribution in [1.82, 2.24) is 0 Å². The summed E-state index contributed by atoms with van der Waals surface area (Å²) in [7, 11) is 3.44. The van der Waals surface area contributed by atoms with Gasteiger partial charge < -0.3 is 9.47 Å². The van der Waals surface area contributed by atoms with E-state index in [1.807, 2.05) is 0 Å². The molecule has 1 aliphatic rings. The fourth-order valence-corrected chi connectivity index (χ4v) is 5.58. The van der Waals surface area contributed by atoms with Crippen molar-refractivity contribution in [3.8, 4) is 11.5 Å². The first-order valence-corrected chi connectivity index (χ1v) is 11.4. The van der Waals surface area contributed by atoms with Gasteiger partial charge in [0.2, 0.25) is 0 Å².